The highest BCUT2D eigenvalue weighted by molar-refractivity contribution is 5.92. The van der Waals surface area contributed by atoms with Crippen LogP contribution >= 0.6 is 0 Å². The number of nitrogens with two attached hydrogens (primary N) is 1. The fraction of sp³-hybridized carbons (Fsp3) is 0.0833. The highest BCUT2D eigenvalue weighted by atomic mass is 15.3. The van der Waals surface area contributed by atoms with Gasteiger partial charge in [-0.15, -0.1) is 0 Å². The summed E-state index contributed by atoms with van der Waals surface area (Å²) in [6.07, 6.45) is 5.25. The van der Waals surface area contributed by atoms with Crippen molar-refractivity contribution in [2.45, 2.75) is 0 Å². The summed E-state index contributed by atoms with van der Waals surface area (Å²) in [5, 5.41) is 5.51. The second-order valence-corrected chi connectivity index (χ2v) is 3.83. The van der Waals surface area contributed by atoms with Crippen molar-refractivity contribution in [2.24, 2.45) is 7.05 Å². The van der Waals surface area contributed by atoms with Crippen LogP contribution in [0, 0.1) is 0 Å². The van der Waals surface area contributed by atoms with Crippen molar-refractivity contribution in [3.8, 4) is 11.3 Å². The molecule has 3 rings (SSSR count). The molecule has 0 spiro atoms. The number of anilines is 1. The molecule has 2 N–H and O–H groups in total. The molecular formula is C12H11N5. The monoisotopic (exact) mass is 225 g/mol. The van der Waals surface area contributed by atoms with Crippen LogP contribution in [0.15, 0.2) is 36.8 Å². The van der Waals surface area contributed by atoms with Crippen LogP contribution in [0.1, 0.15) is 0 Å². The fourth-order valence-electron chi connectivity index (χ4n) is 1.92. The first-order valence-corrected chi connectivity index (χ1v) is 5.24. The summed E-state index contributed by atoms with van der Waals surface area (Å²) in [6.45, 7) is 0. The molecular weight excluding hydrogens is 214 g/mol. The summed E-state index contributed by atoms with van der Waals surface area (Å²) < 4.78 is 1.84. The normalized spacial score (nSPS) is 10.9. The van der Waals surface area contributed by atoms with Gasteiger partial charge in [0.25, 0.3) is 0 Å². The number of fused-ring (bicyclic) bond motifs is 1. The van der Waals surface area contributed by atoms with E-state index in [2.05, 4.69) is 15.1 Å². The van der Waals surface area contributed by atoms with E-state index in [4.69, 9.17) is 5.73 Å². The Bertz CT molecular complexity index is 686. The van der Waals surface area contributed by atoms with E-state index in [0.29, 0.717) is 5.82 Å². The van der Waals surface area contributed by atoms with Crippen LogP contribution < -0.4 is 5.73 Å². The van der Waals surface area contributed by atoms with Crippen molar-refractivity contribution in [3.05, 3.63) is 36.8 Å². The van der Waals surface area contributed by atoms with Crippen molar-refractivity contribution in [1.82, 2.24) is 19.7 Å². The third-order valence-corrected chi connectivity index (χ3v) is 2.71. The molecule has 0 amide bonds. The maximum Gasteiger partial charge on any atom is 0.123 e. The zero-order valence-electron chi connectivity index (χ0n) is 9.33. The van der Waals surface area contributed by atoms with E-state index < -0.39 is 0 Å². The van der Waals surface area contributed by atoms with E-state index in [1.54, 1.807) is 12.4 Å². The smallest absolute Gasteiger partial charge is 0.123 e. The van der Waals surface area contributed by atoms with E-state index in [1.165, 1.54) is 0 Å². The van der Waals surface area contributed by atoms with Crippen LogP contribution in [0.3, 0.4) is 0 Å². The summed E-state index contributed by atoms with van der Waals surface area (Å²) in [5.74, 6) is 0.491. The first-order chi connectivity index (χ1) is 8.25. The van der Waals surface area contributed by atoms with Crippen LogP contribution in [0.4, 0.5) is 5.82 Å². The van der Waals surface area contributed by atoms with Crippen molar-refractivity contribution >= 4 is 16.7 Å². The minimum atomic E-state index is 0.491. The van der Waals surface area contributed by atoms with Crippen molar-refractivity contribution < 1.29 is 0 Å². The molecule has 3 aromatic rings. The average Bonchev–Trinajstić information content (AvgIpc) is 2.68. The van der Waals surface area contributed by atoms with Crippen molar-refractivity contribution in [1.29, 1.82) is 0 Å². The predicted molar refractivity (Wildman–Crippen MR) is 66.2 cm³/mol. The second kappa shape index (κ2) is 3.55. The third kappa shape index (κ3) is 1.52. The summed E-state index contributed by atoms with van der Waals surface area (Å²) in [7, 11) is 1.91. The molecule has 0 bridgehead atoms. The lowest BCUT2D eigenvalue weighted by Gasteiger charge is -1.98. The van der Waals surface area contributed by atoms with Crippen molar-refractivity contribution in [2.75, 3.05) is 5.73 Å². The van der Waals surface area contributed by atoms with Gasteiger partial charge in [0.2, 0.25) is 0 Å². The topological polar surface area (TPSA) is 69.6 Å². The molecule has 0 aliphatic heterocycles. The van der Waals surface area contributed by atoms with E-state index in [9.17, 15) is 0 Å². The van der Waals surface area contributed by atoms with Gasteiger partial charge >= 0.3 is 0 Å². The highest BCUT2D eigenvalue weighted by Gasteiger charge is 2.10. The van der Waals surface area contributed by atoms with Gasteiger partial charge in [-0.25, -0.2) is 4.98 Å². The lowest BCUT2D eigenvalue weighted by atomic mass is 10.1. The molecule has 84 valence electrons. The van der Waals surface area contributed by atoms with Crippen LogP contribution in [0.5, 0.6) is 0 Å². The zero-order valence-corrected chi connectivity index (χ0v) is 9.33. The van der Waals surface area contributed by atoms with Crippen LogP contribution in [0.25, 0.3) is 22.2 Å². The SMILES string of the molecule is Cn1nc(-c2ccnc(N)c2)c2cnccc21. The molecule has 5 nitrogen and oxygen atoms in total. The molecule has 0 saturated carbocycles. The molecule has 5 heteroatoms. The number of nitrogens with zero attached hydrogens (tertiary/aromatic N) is 4. The number of hydrogen-bond acceptors (Lipinski definition) is 4. The molecule has 0 aliphatic rings. The number of hydrogen-bond donors (Lipinski definition) is 1. The van der Waals surface area contributed by atoms with Gasteiger partial charge in [0.15, 0.2) is 0 Å². The maximum atomic E-state index is 5.69. The molecule has 0 aliphatic carbocycles. The van der Waals surface area contributed by atoms with Crippen LogP contribution in [-0.2, 0) is 7.05 Å². The van der Waals surface area contributed by atoms with Crippen LogP contribution in [-0.4, -0.2) is 19.7 Å². The van der Waals surface area contributed by atoms with Gasteiger partial charge in [-0.1, -0.05) is 0 Å². The predicted octanol–water partition coefficient (Wildman–Crippen LogP) is 1.61. The number of pyridine rings is 2. The number of aryl methyl sites for hydroxylation is 1. The first kappa shape index (κ1) is 9.77. The van der Waals surface area contributed by atoms with Gasteiger partial charge in [-0.3, -0.25) is 9.67 Å². The first-order valence-electron chi connectivity index (χ1n) is 5.24. The van der Waals surface area contributed by atoms with E-state index in [-0.39, 0.29) is 0 Å². The Morgan fingerprint density at radius 1 is 1.24 bits per heavy atom. The summed E-state index contributed by atoms with van der Waals surface area (Å²) in [6, 6.07) is 5.65. The van der Waals surface area contributed by atoms with E-state index in [0.717, 1.165) is 22.2 Å². The quantitative estimate of drug-likeness (QED) is 0.683. The lowest BCUT2D eigenvalue weighted by molar-refractivity contribution is 0.800. The van der Waals surface area contributed by atoms with Gasteiger partial charge in [0.1, 0.15) is 11.5 Å². The molecule has 0 radical (unpaired) electrons. The Hall–Kier alpha value is -2.43. The lowest BCUT2D eigenvalue weighted by Crippen LogP contribution is -1.91. The van der Waals surface area contributed by atoms with E-state index >= 15 is 0 Å². The largest absolute Gasteiger partial charge is 0.384 e. The Balaban J connectivity index is 2.31. The standard InChI is InChI=1S/C12H11N5/c1-17-10-3-4-14-7-9(10)12(16-17)8-2-5-15-11(13)6-8/h2-7H,1H3,(H2,13,15). The maximum absolute atomic E-state index is 5.69. The highest BCUT2D eigenvalue weighted by Crippen LogP contribution is 2.26. The van der Waals surface area contributed by atoms with Gasteiger partial charge in [-0.05, 0) is 18.2 Å². The average molecular weight is 225 g/mol. The Labute approximate surface area is 97.9 Å². The second-order valence-electron chi connectivity index (χ2n) is 3.83. The summed E-state index contributed by atoms with van der Waals surface area (Å²) >= 11 is 0. The van der Waals surface area contributed by atoms with Gasteiger partial charge < -0.3 is 5.73 Å². The molecule has 0 aromatic carbocycles. The third-order valence-electron chi connectivity index (χ3n) is 2.71. The Morgan fingerprint density at radius 2 is 2.12 bits per heavy atom. The zero-order chi connectivity index (χ0) is 11.8. The van der Waals surface area contributed by atoms with Crippen LogP contribution in [0.2, 0.25) is 0 Å². The molecule has 0 saturated heterocycles. The van der Waals surface area contributed by atoms with Gasteiger partial charge in [0, 0.05) is 36.6 Å². The van der Waals surface area contributed by atoms with E-state index in [1.807, 2.05) is 36.1 Å². The van der Waals surface area contributed by atoms with Gasteiger partial charge in [-0.2, -0.15) is 5.10 Å². The molecule has 0 atom stereocenters. The van der Waals surface area contributed by atoms with Gasteiger partial charge in [0.05, 0.1) is 5.52 Å². The molecule has 3 aromatic heterocycles. The summed E-state index contributed by atoms with van der Waals surface area (Å²) in [4.78, 5) is 8.11. The van der Waals surface area contributed by atoms with Crippen molar-refractivity contribution in [3.63, 3.8) is 0 Å². The minimum absolute atomic E-state index is 0.491. The Kier molecular flexibility index (Phi) is 2.04. The molecule has 0 unspecified atom stereocenters. The Morgan fingerprint density at radius 3 is 2.94 bits per heavy atom. The number of nitrogen functional groups attached to an aromatic ring is 1. The fourth-order valence-corrected chi connectivity index (χ4v) is 1.92. The summed E-state index contributed by atoms with van der Waals surface area (Å²) in [5.41, 5.74) is 8.57. The molecule has 3 heterocycles. The minimum Gasteiger partial charge on any atom is -0.384 e. The number of aromatic nitrogens is 4. The molecule has 17 heavy (non-hydrogen) atoms. The number of rotatable bonds is 1. The molecule has 0 fully saturated rings.